The van der Waals surface area contributed by atoms with Gasteiger partial charge < -0.3 is 5.11 Å². The fourth-order valence-corrected chi connectivity index (χ4v) is 2.85. The summed E-state index contributed by atoms with van der Waals surface area (Å²) in [5, 5.41) is 12.6. The number of benzene rings is 2. The average Bonchev–Trinajstić information content (AvgIpc) is 2.75. The molecule has 1 fully saturated rings. The van der Waals surface area contributed by atoms with Crippen LogP contribution in [0.25, 0.3) is 10.8 Å². The Morgan fingerprint density at radius 2 is 2.17 bits per heavy atom. The molecule has 3 rings (SSSR count). The number of nitrogens with zero attached hydrogens (tertiary/aromatic N) is 1. The van der Waals surface area contributed by atoms with E-state index in [2.05, 4.69) is 29.2 Å². The molecule has 0 bridgehead atoms. The van der Waals surface area contributed by atoms with E-state index in [0.29, 0.717) is 0 Å². The molecule has 1 N–H and O–H groups in total. The first kappa shape index (κ1) is 12.0. The van der Waals surface area contributed by atoms with Gasteiger partial charge in [0.05, 0.1) is 6.10 Å². The molecule has 1 heterocycles. The highest BCUT2D eigenvalue weighted by Gasteiger charge is 2.19. The summed E-state index contributed by atoms with van der Waals surface area (Å²) in [7, 11) is 0. The van der Waals surface area contributed by atoms with Crippen LogP contribution in [0, 0.1) is 0 Å². The van der Waals surface area contributed by atoms with Gasteiger partial charge in [0.2, 0.25) is 0 Å². The Morgan fingerprint density at radius 1 is 1.28 bits per heavy atom. The maximum absolute atomic E-state index is 9.53. The van der Waals surface area contributed by atoms with E-state index >= 15 is 0 Å². The first-order chi connectivity index (χ1) is 8.72. The van der Waals surface area contributed by atoms with Crippen molar-refractivity contribution < 1.29 is 5.11 Å². The summed E-state index contributed by atoms with van der Waals surface area (Å²) in [4.78, 5) is 2.29. The Labute approximate surface area is 112 Å². The van der Waals surface area contributed by atoms with E-state index in [1.165, 1.54) is 10.9 Å². The lowest BCUT2D eigenvalue weighted by molar-refractivity contribution is 0.175. The second kappa shape index (κ2) is 4.88. The summed E-state index contributed by atoms with van der Waals surface area (Å²) in [5.41, 5.74) is 1.28. The van der Waals surface area contributed by atoms with Crippen molar-refractivity contribution in [2.24, 2.45) is 0 Å². The van der Waals surface area contributed by atoms with Crippen molar-refractivity contribution in [2.45, 2.75) is 19.1 Å². The Balaban J connectivity index is 1.85. The van der Waals surface area contributed by atoms with Gasteiger partial charge in [0.1, 0.15) is 0 Å². The Hall–Kier alpha value is -1.09. The van der Waals surface area contributed by atoms with Crippen LogP contribution in [0.2, 0.25) is 5.02 Å². The van der Waals surface area contributed by atoms with Crippen molar-refractivity contribution in [1.29, 1.82) is 0 Å². The van der Waals surface area contributed by atoms with Gasteiger partial charge in [-0.15, -0.1) is 0 Å². The summed E-state index contributed by atoms with van der Waals surface area (Å²) in [6.07, 6.45) is 0.735. The minimum absolute atomic E-state index is 0.153. The predicted molar refractivity (Wildman–Crippen MR) is 74.9 cm³/mol. The lowest BCUT2D eigenvalue weighted by atomic mass is 10.1. The van der Waals surface area contributed by atoms with E-state index in [4.69, 9.17) is 11.6 Å². The first-order valence-electron chi connectivity index (χ1n) is 6.30. The lowest BCUT2D eigenvalue weighted by Gasteiger charge is -2.15. The van der Waals surface area contributed by atoms with E-state index in [1.807, 2.05) is 12.1 Å². The van der Waals surface area contributed by atoms with Crippen molar-refractivity contribution >= 4 is 22.4 Å². The van der Waals surface area contributed by atoms with Gasteiger partial charge in [-0.05, 0) is 29.5 Å². The van der Waals surface area contributed by atoms with Crippen LogP contribution in [0.5, 0.6) is 0 Å². The van der Waals surface area contributed by atoms with Gasteiger partial charge in [0.15, 0.2) is 0 Å². The number of rotatable bonds is 2. The zero-order valence-corrected chi connectivity index (χ0v) is 10.9. The Bertz CT molecular complexity index is 569. The summed E-state index contributed by atoms with van der Waals surface area (Å²) in [5.74, 6) is 0. The molecular weight excluding hydrogens is 246 g/mol. The highest BCUT2D eigenvalue weighted by Crippen LogP contribution is 2.25. The second-order valence-electron chi connectivity index (χ2n) is 4.97. The summed E-state index contributed by atoms with van der Waals surface area (Å²) < 4.78 is 0. The molecule has 1 atom stereocenters. The third kappa shape index (κ3) is 2.37. The minimum Gasteiger partial charge on any atom is -0.392 e. The number of halogens is 1. The van der Waals surface area contributed by atoms with Crippen molar-refractivity contribution in [1.82, 2.24) is 4.90 Å². The van der Waals surface area contributed by atoms with E-state index in [-0.39, 0.29) is 6.10 Å². The monoisotopic (exact) mass is 261 g/mol. The first-order valence-corrected chi connectivity index (χ1v) is 6.68. The normalized spacial score (nSPS) is 20.7. The summed E-state index contributed by atoms with van der Waals surface area (Å²) >= 11 is 6.16. The van der Waals surface area contributed by atoms with Gasteiger partial charge in [-0.2, -0.15) is 0 Å². The van der Waals surface area contributed by atoms with Crippen LogP contribution in [0.3, 0.4) is 0 Å². The molecular formula is C15H16ClNO. The number of fused-ring (bicyclic) bond motifs is 1. The molecule has 0 aliphatic carbocycles. The third-order valence-corrected chi connectivity index (χ3v) is 3.87. The molecule has 1 saturated heterocycles. The largest absolute Gasteiger partial charge is 0.392 e. The van der Waals surface area contributed by atoms with E-state index < -0.39 is 0 Å². The van der Waals surface area contributed by atoms with Crippen molar-refractivity contribution in [2.75, 3.05) is 13.1 Å². The molecule has 1 aliphatic rings. The Kier molecular flexibility index (Phi) is 3.25. The van der Waals surface area contributed by atoms with Gasteiger partial charge in [-0.1, -0.05) is 35.9 Å². The molecule has 3 heteroatoms. The topological polar surface area (TPSA) is 23.5 Å². The fraction of sp³-hybridized carbons (Fsp3) is 0.333. The molecule has 94 valence electrons. The summed E-state index contributed by atoms with van der Waals surface area (Å²) in [6.45, 7) is 2.67. The molecule has 1 aliphatic heterocycles. The number of β-amino-alcohol motifs (C(OH)–C–C–N with tert-alkyl or cyclic N) is 1. The van der Waals surface area contributed by atoms with Gasteiger partial charge in [-0.25, -0.2) is 0 Å². The maximum atomic E-state index is 9.53. The molecule has 18 heavy (non-hydrogen) atoms. The molecule has 0 amide bonds. The number of hydrogen-bond acceptors (Lipinski definition) is 2. The smallest absolute Gasteiger partial charge is 0.0679 e. The molecule has 2 aromatic carbocycles. The van der Waals surface area contributed by atoms with Crippen LogP contribution in [0.1, 0.15) is 12.0 Å². The highest BCUT2D eigenvalue weighted by atomic mass is 35.5. The average molecular weight is 262 g/mol. The van der Waals surface area contributed by atoms with E-state index in [0.717, 1.165) is 36.5 Å². The molecule has 0 aromatic heterocycles. The third-order valence-electron chi connectivity index (χ3n) is 3.55. The molecule has 0 saturated carbocycles. The quantitative estimate of drug-likeness (QED) is 0.898. The maximum Gasteiger partial charge on any atom is 0.0679 e. The van der Waals surface area contributed by atoms with Gasteiger partial charge in [-0.3, -0.25) is 4.90 Å². The second-order valence-corrected chi connectivity index (χ2v) is 5.38. The van der Waals surface area contributed by atoms with Crippen molar-refractivity contribution in [3.8, 4) is 0 Å². The zero-order chi connectivity index (χ0) is 12.5. The fourth-order valence-electron chi connectivity index (χ4n) is 2.61. The van der Waals surface area contributed by atoms with Gasteiger partial charge >= 0.3 is 0 Å². The molecule has 0 radical (unpaired) electrons. The number of likely N-dealkylation sites (tertiary alicyclic amines) is 1. The van der Waals surface area contributed by atoms with Crippen molar-refractivity contribution in [3.05, 3.63) is 47.0 Å². The lowest BCUT2D eigenvalue weighted by Crippen LogP contribution is -2.21. The van der Waals surface area contributed by atoms with Crippen LogP contribution in [-0.2, 0) is 6.54 Å². The highest BCUT2D eigenvalue weighted by molar-refractivity contribution is 6.35. The summed E-state index contributed by atoms with van der Waals surface area (Å²) in [6, 6.07) is 12.4. The Morgan fingerprint density at radius 3 is 2.94 bits per heavy atom. The molecule has 2 aromatic rings. The van der Waals surface area contributed by atoms with Gasteiger partial charge in [0, 0.05) is 30.0 Å². The predicted octanol–water partition coefficient (Wildman–Crippen LogP) is 3.06. The standard InChI is InChI=1S/C15H16ClNO/c16-15-3-1-2-12-8-11(4-5-14(12)15)9-17-7-6-13(18)10-17/h1-5,8,13,18H,6-7,9-10H2/t13-/m1/s1. The SMILES string of the molecule is O[C@@H]1CCN(Cc2ccc3c(Cl)cccc3c2)C1. The zero-order valence-electron chi connectivity index (χ0n) is 10.1. The van der Waals surface area contributed by atoms with Crippen LogP contribution in [-0.4, -0.2) is 29.2 Å². The van der Waals surface area contributed by atoms with Crippen LogP contribution in [0.15, 0.2) is 36.4 Å². The van der Waals surface area contributed by atoms with Crippen molar-refractivity contribution in [3.63, 3.8) is 0 Å². The number of aliphatic hydroxyl groups excluding tert-OH is 1. The molecule has 2 nitrogen and oxygen atoms in total. The molecule has 0 unspecified atom stereocenters. The van der Waals surface area contributed by atoms with Gasteiger partial charge in [0.25, 0.3) is 0 Å². The van der Waals surface area contributed by atoms with Crippen LogP contribution >= 0.6 is 11.6 Å². The van der Waals surface area contributed by atoms with E-state index in [9.17, 15) is 5.11 Å². The number of hydrogen-bond donors (Lipinski definition) is 1. The minimum atomic E-state index is -0.153. The van der Waals surface area contributed by atoms with Crippen LogP contribution in [0.4, 0.5) is 0 Å². The van der Waals surface area contributed by atoms with E-state index in [1.54, 1.807) is 0 Å². The van der Waals surface area contributed by atoms with Crippen LogP contribution < -0.4 is 0 Å². The molecule has 0 spiro atoms. The number of aliphatic hydroxyl groups is 1.